The summed E-state index contributed by atoms with van der Waals surface area (Å²) in [6.45, 7) is 15.0. The number of hydrogen-bond acceptors (Lipinski definition) is 7. The van der Waals surface area contributed by atoms with Crippen molar-refractivity contribution < 1.29 is 28.6 Å². The minimum Gasteiger partial charge on any atom is -0.466 e. The molecule has 0 saturated heterocycles. The van der Waals surface area contributed by atoms with Crippen LogP contribution in [0.1, 0.15) is 208 Å². The van der Waals surface area contributed by atoms with E-state index < -0.39 is 0 Å². The summed E-state index contributed by atoms with van der Waals surface area (Å²) in [7, 11) is 4.03. The van der Waals surface area contributed by atoms with Crippen LogP contribution in [0.3, 0.4) is 0 Å². The molecule has 0 aromatic carbocycles. The van der Waals surface area contributed by atoms with Crippen LogP contribution in [-0.4, -0.2) is 62.8 Å². The number of ether oxygens (including phenoxy) is 3. The average molecular weight is 710 g/mol. The zero-order valence-electron chi connectivity index (χ0n) is 34.5. The molecule has 0 aliphatic rings. The maximum absolute atomic E-state index is 12.7. The summed E-state index contributed by atoms with van der Waals surface area (Å²) >= 11 is 0. The van der Waals surface area contributed by atoms with E-state index in [2.05, 4.69) is 46.4 Å². The van der Waals surface area contributed by atoms with Crippen molar-refractivity contribution in [3.63, 3.8) is 0 Å². The van der Waals surface area contributed by atoms with Gasteiger partial charge in [0.1, 0.15) is 6.10 Å². The van der Waals surface area contributed by atoms with Gasteiger partial charge in [-0.15, -0.1) is 0 Å². The molecule has 0 saturated carbocycles. The van der Waals surface area contributed by atoms with Gasteiger partial charge in [-0.2, -0.15) is 0 Å². The molecule has 296 valence electrons. The summed E-state index contributed by atoms with van der Waals surface area (Å²) < 4.78 is 17.1. The van der Waals surface area contributed by atoms with Crippen LogP contribution >= 0.6 is 0 Å². The van der Waals surface area contributed by atoms with Gasteiger partial charge in [0.05, 0.1) is 26.1 Å². The van der Waals surface area contributed by atoms with Gasteiger partial charge in [-0.3, -0.25) is 14.4 Å². The number of carbonyl (C=O) groups excluding carboxylic acids is 3. The number of esters is 3. The molecule has 0 aliphatic heterocycles. The van der Waals surface area contributed by atoms with Crippen molar-refractivity contribution in [1.29, 1.82) is 0 Å². The molecule has 0 heterocycles. The molecule has 0 unspecified atom stereocenters. The molecule has 0 fully saturated rings. The van der Waals surface area contributed by atoms with E-state index in [1.54, 1.807) is 0 Å². The molecule has 0 radical (unpaired) electrons. The van der Waals surface area contributed by atoms with Crippen LogP contribution in [0.25, 0.3) is 0 Å². The Morgan fingerprint density at radius 1 is 0.520 bits per heavy atom. The topological polar surface area (TPSA) is 82.1 Å². The number of rotatable bonds is 35. The van der Waals surface area contributed by atoms with Gasteiger partial charge in [0.25, 0.3) is 0 Å². The molecule has 50 heavy (non-hydrogen) atoms. The first-order valence-corrected chi connectivity index (χ1v) is 21.0. The van der Waals surface area contributed by atoms with E-state index in [-0.39, 0.29) is 34.8 Å². The molecular formula is C43H83NO6. The fraction of sp³-hybridized carbons (Fsp3) is 0.930. The summed E-state index contributed by atoms with van der Waals surface area (Å²) in [5.41, 5.74) is -0.229. The second-order valence-electron chi connectivity index (χ2n) is 16.9. The number of unbranched alkanes of at least 4 members (excludes halogenated alkanes) is 14. The summed E-state index contributed by atoms with van der Waals surface area (Å²) in [4.78, 5) is 39.8. The highest BCUT2D eigenvalue weighted by Crippen LogP contribution is 2.31. The maximum atomic E-state index is 12.7. The minimum atomic E-state index is -0.115. The van der Waals surface area contributed by atoms with E-state index in [0.717, 1.165) is 90.0 Å². The molecule has 0 aromatic heterocycles. The SMILES string of the molecule is CCCCCCCCCOC(=O)CC(C)(C)CCCCC(CCCCC(C)(C)CC(=O)OCCCCCCCCC)OC(=O)CCCN(C)C. The molecular weight excluding hydrogens is 626 g/mol. The molecule has 0 amide bonds. The van der Waals surface area contributed by atoms with E-state index >= 15 is 0 Å². The third kappa shape index (κ3) is 32.3. The van der Waals surface area contributed by atoms with E-state index in [1.807, 2.05) is 14.1 Å². The highest BCUT2D eigenvalue weighted by molar-refractivity contribution is 5.70. The first kappa shape index (κ1) is 48.4. The van der Waals surface area contributed by atoms with Crippen molar-refractivity contribution in [1.82, 2.24) is 4.90 Å². The van der Waals surface area contributed by atoms with Crippen LogP contribution in [0.4, 0.5) is 0 Å². The van der Waals surface area contributed by atoms with Gasteiger partial charge in [-0.05, 0) is 89.3 Å². The number of nitrogens with zero attached hydrogens (tertiary/aromatic N) is 1. The van der Waals surface area contributed by atoms with Gasteiger partial charge >= 0.3 is 17.9 Å². The van der Waals surface area contributed by atoms with Crippen molar-refractivity contribution >= 4 is 17.9 Å². The summed E-state index contributed by atoms with van der Waals surface area (Å²) in [6.07, 6.45) is 26.4. The van der Waals surface area contributed by atoms with Crippen molar-refractivity contribution in [2.75, 3.05) is 33.9 Å². The Balaban J connectivity index is 4.55. The predicted molar refractivity (Wildman–Crippen MR) is 209 cm³/mol. The Bertz CT molecular complexity index is 785. The molecule has 0 atom stereocenters. The molecule has 0 aromatic rings. The Kier molecular flexibility index (Phi) is 29.9. The molecule has 0 spiro atoms. The fourth-order valence-electron chi connectivity index (χ4n) is 6.55. The molecule has 0 aliphatic carbocycles. The molecule has 7 nitrogen and oxygen atoms in total. The zero-order chi connectivity index (χ0) is 37.5. The second-order valence-corrected chi connectivity index (χ2v) is 16.9. The summed E-state index contributed by atoms with van der Waals surface area (Å²) in [5, 5.41) is 0. The van der Waals surface area contributed by atoms with Gasteiger partial charge < -0.3 is 19.1 Å². The van der Waals surface area contributed by atoms with Gasteiger partial charge in [0.15, 0.2) is 0 Å². The van der Waals surface area contributed by atoms with Crippen LogP contribution in [0.5, 0.6) is 0 Å². The molecule has 7 heteroatoms. The predicted octanol–water partition coefficient (Wildman–Crippen LogP) is 11.8. The lowest BCUT2D eigenvalue weighted by atomic mass is 9.83. The Morgan fingerprint density at radius 2 is 0.920 bits per heavy atom. The average Bonchev–Trinajstić information content (AvgIpc) is 3.03. The van der Waals surface area contributed by atoms with Crippen LogP contribution in [0.15, 0.2) is 0 Å². The fourth-order valence-corrected chi connectivity index (χ4v) is 6.55. The standard InChI is InChI=1S/C43H83NO6/c1-9-11-13-15-17-19-25-34-48-40(46)36-42(3,4)31-23-21-28-38(50-39(45)30-27-33-44(7)8)29-22-24-32-43(5,6)37-41(47)49-35-26-20-18-16-14-12-10-2/h38H,9-37H2,1-8H3. The van der Waals surface area contributed by atoms with E-state index in [4.69, 9.17) is 14.2 Å². The van der Waals surface area contributed by atoms with Gasteiger partial charge in [-0.25, -0.2) is 0 Å². The summed E-state index contributed by atoms with van der Waals surface area (Å²) in [5.74, 6) is -0.283. The Hall–Kier alpha value is -1.63. The third-order valence-corrected chi connectivity index (χ3v) is 9.81. The smallest absolute Gasteiger partial charge is 0.306 e. The molecule has 0 N–H and O–H groups in total. The largest absolute Gasteiger partial charge is 0.466 e. The lowest BCUT2D eigenvalue weighted by molar-refractivity contribution is -0.150. The second kappa shape index (κ2) is 30.9. The molecule has 0 rings (SSSR count). The highest BCUT2D eigenvalue weighted by atomic mass is 16.5. The van der Waals surface area contributed by atoms with Crippen LogP contribution < -0.4 is 0 Å². The van der Waals surface area contributed by atoms with Crippen molar-refractivity contribution in [3.8, 4) is 0 Å². The lowest BCUT2D eigenvalue weighted by Crippen LogP contribution is -2.22. The van der Waals surface area contributed by atoms with Crippen molar-refractivity contribution in [2.24, 2.45) is 10.8 Å². The zero-order valence-corrected chi connectivity index (χ0v) is 34.5. The normalized spacial score (nSPS) is 12.1. The van der Waals surface area contributed by atoms with Gasteiger partial charge in [0, 0.05) is 6.42 Å². The first-order chi connectivity index (χ1) is 23.8. The van der Waals surface area contributed by atoms with E-state index in [9.17, 15) is 14.4 Å². The highest BCUT2D eigenvalue weighted by Gasteiger charge is 2.25. The Labute approximate surface area is 310 Å². The number of hydrogen-bond donors (Lipinski definition) is 0. The minimum absolute atomic E-state index is 0.0881. The van der Waals surface area contributed by atoms with Crippen LogP contribution in [-0.2, 0) is 28.6 Å². The Morgan fingerprint density at radius 3 is 1.32 bits per heavy atom. The van der Waals surface area contributed by atoms with E-state index in [1.165, 1.54) is 64.2 Å². The van der Waals surface area contributed by atoms with Crippen LogP contribution in [0.2, 0.25) is 0 Å². The quantitative estimate of drug-likeness (QED) is 0.0368. The molecule has 0 bridgehead atoms. The lowest BCUT2D eigenvalue weighted by Gasteiger charge is -2.25. The van der Waals surface area contributed by atoms with E-state index in [0.29, 0.717) is 32.5 Å². The van der Waals surface area contributed by atoms with Crippen LogP contribution in [0, 0.1) is 10.8 Å². The van der Waals surface area contributed by atoms with Gasteiger partial charge in [-0.1, -0.05) is 131 Å². The summed E-state index contributed by atoms with van der Waals surface area (Å²) in [6, 6.07) is 0. The van der Waals surface area contributed by atoms with Crippen molar-refractivity contribution in [3.05, 3.63) is 0 Å². The van der Waals surface area contributed by atoms with Crippen molar-refractivity contribution in [2.45, 2.75) is 215 Å². The number of carbonyl (C=O) groups is 3. The third-order valence-electron chi connectivity index (χ3n) is 9.81. The first-order valence-electron chi connectivity index (χ1n) is 21.0. The van der Waals surface area contributed by atoms with Gasteiger partial charge in [0.2, 0.25) is 0 Å². The monoisotopic (exact) mass is 710 g/mol. The maximum Gasteiger partial charge on any atom is 0.306 e.